The number of nitrogens with one attached hydrogen (secondary N) is 1. The van der Waals surface area contributed by atoms with E-state index in [1.54, 1.807) is 4.90 Å². The molecule has 2 heterocycles. The van der Waals surface area contributed by atoms with Crippen LogP contribution in [0.3, 0.4) is 0 Å². The fraction of sp³-hybridized carbons (Fsp3) is 0.765. The number of hydrogen-bond acceptors (Lipinski definition) is 4. The maximum Gasteiger partial charge on any atom is 0.325 e. The van der Waals surface area contributed by atoms with Crippen molar-refractivity contribution in [2.24, 2.45) is 17.6 Å². The highest BCUT2D eigenvalue weighted by Crippen LogP contribution is 2.38. The van der Waals surface area contributed by atoms with Gasteiger partial charge in [-0.2, -0.15) is 0 Å². The number of piperidine rings is 1. The van der Waals surface area contributed by atoms with E-state index in [1.165, 1.54) is 0 Å². The van der Waals surface area contributed by atoms with Crippen molar-refractivity contribution in [1.29, 1.82) is 0 Å². The second kappa shape index (κ2) is 6.65. The van der Waals surface area contributed by atoms with Gasteiger partial charge in [0.15, 0.2) is 0 Å². The third-order valence-electron chi connectivity index (χ3n) is 6.04. The van der Waals surface area contributed by atoms with E-state index in [0.717, 1.165) is 24.2 Å². The van der Waals surface area contributed by atoms with Crippen molar-refractivity contribution in [3.63, 3.8) is 0 Å². The molecule has 0 unspecified atom stereocenters. The summed E-state index contributed by atoms with van der Waals surface area (Å²) in [6.07, 6.45) is 4.55. The van der Waals surface area contributed by atoms with Crippen molar-refractivity contribution in [1.82, 2.24) is 15.1 Å². The minimum atomic E-state index is -0.839. The molecule has 2 aliphatic heterocycles. The molecule has 8 heteroatoms. The van der Waals surface area contributed by atoms with Crippen LogP contribution in [0, 0.1) is 11.8 Å². The molecule has 0 aromatic heterocycles. The molecular weight excluding hydrogens is 324 g/mol. The van der Waals surface area contributed by atoms with Crippen LogP contribution in [-0.2, 0) is 14.4 Å². The minimum absolute atomic E-state index is 0.0733. The number of primary amides is 1. The summed E-state index contributed by atoms with van der Waals surface area (Å²) in [5.41, 5.74) is 4.46. The third kappa shape index (κ3) is 3.09. The number of amides is 5. The van der Waals surface area contributed by atoms with Gasteiger partial charge in [0.05, 0.1) is 0 Å². The van der Waals surface area contributed by atoms with Gasteiger partial charge in [-0.05, 0) is 31.6 Å². The molecule has 0 bridgehead atoms. The summed E-state index contributed by atoms with van der Waals surface area (Å²) in [5.74, 6) is -0.998. The molecule has 3 N–H and O–H groups in total. The van der Waals surface area contributed by atoms with E-state index >= 15 is 0 Å². The molecule has 25 heavy (non-hydrogen) atoms. The number of carbonyl (C=O) groups excluding carboxylic acids is 4. The van der Waals surface area contributed by atoms with Crippen LogP contribution in [0.5, 0.6) is 0 Å². The normalized spacial score (nSPS) is 30.7. The van der Waals surface area contributed by atoms with Gasteiger partial charge in [0.1, 0.15) is 12.1 Å². The van der Waals surface area contributed by atoms with Crippen molar-refractivity contribution in [2.75, 3.05) is 19.6 Å². The van der Waals surface area contributed by atoms with Gasteiger partial charge in [0.2, 0.25) is 11.8 Å². The van der Waals surface area contributed by atoms with Crippen LogP contribution in [-0.4, -0.2) is 58.7 Å². The number of likely N-dealkylation sites (tertiary alicyclic amines) is 1. The van der Waals surface area contributed by atoms with Gasteiger partial charge in [-0.3, -0.25) is 19.3 Å². The average molecular weight is 350 g/mol. The minimum Gasteiger partial charge on any atom is -0.369 e. The van der Waals surface area contributed by atoms with E-state index in [0.29, 0.717) is 32.4 Å². The van der Waals surface area contributed by atoms with E-state index in [4.69, 9.17) is 5.73 Å². The number of imide groups is 1. The fourth-order valence-electron chi connectivity index (χ4n) is 4.29. The lowest BCUT2D eigenvalue weighted by atomic mass is 9.73. The lowest BCUT2D eigenvalue weighted by Crippen LogP contribution is -2.54. The number of nitrogens with zero attached hydrogens (tertiary/aromatic N) is 2. The standard InChI is InChI=1S/C17H26N4O4/c1-11-4-2-3-7-17(11)15(24)21(16(25)19-17)10-13(22)20-8-5-12(6-9-20)14(18)23/h11-12H,2-10H2,1H3,(H2,18,23)(H,19,25)/t11-,17-/m1/s1. The Balaban J connectivity index is 1.63. The molecule has 2 saturated heterocycles. The molecule has 5 amide bonds. The summed E-state index contributed by atoms with van der Waals surface area (Å²) < 4.78 is 0. The first kappa shape index (κ1) is 17.7. The van der Waals surface area contributed by atoms with Crippen molar-refractivity contribution < 1.29 is 19.2 Å². The maximum atomic E-state index is 12.9. The van der Waals surface area contributed by atoms with Crippen molar-refractivity contribution >= 4 is 23.8 Å². The molecule has 0 aromatic carbocycles. The predicted molar refractivity (Wildman–Crippen MR) is 89.1 cm³/mol. The largest absolute Gasteiger partial charge is 0.369 e. The molecule has 0 aromatic rings. The summed E-state index contributed by atoms with van der Waals surface area (Å²) in [4.78, 5) is 51.6. The number of urea groups is 1. The highest BCUT2D eigenvalue weighted by Gasteiger charge is 2.55. The Kier molecular flexibility index (Phi) is 4.71. The molecule has 3 rings (SSSR count). The predicted octanol–water partition coefficient (Wildman–Crippen LogP) is 0.211. The summed E-state index contributed by atoms with van der Waals surface area (Å²) in [6.45, 7) is 2.60. The molecule has 138 valence electrons. The van der Waals surface area contributed by atoms with E-state index in [1.807, 2.05) is 6.92 Å². The summed E-state index contributed by atoms with van der Waals surface area (Å²) in [5, 5.41) is 2.85. The Bertz CT molecular complexity index is 599. The Morgan fingerprint density at radius 2 is 1.88 bits per heavy atom. The van der Waals surface area contributed by atoms with Gasteiger partial charge in [-0.15, -0.1) is 0 Å². The molecule has 1 aliphatic carbocycles. The summed E-state index contributed by atoms with van der Waals surface area (Å²) in [7, 11) is 0. The van der Waals surface area contributed by atoms with Crippen LogP contribution in [0.1, 0.15) is 45.4 Å². The first-order valence-corrected chi connectivity index (χ1v) is 9.06. The van der Waals surface area contributed by atoms with Gasteiger partial charge < -0.3 is 16.0 Å². The second-order valence-electron chi connectivity index (χ2n) is 7.50. The van der Waals surface area contributed by atoms with E-state index in [-0.39, 0.29) is 36.1 Å². The fourth-order valence-corrected chi connectivity index (χ4v) is 4.29. The van der Waals surface area contributed by atoms with E-state index < -0.39 is 11.6 Å². The Morgan fingerprint density at radius 3 is 2.48 bits per heavy atom. The lowest BCUT2D eigenvalue weighted by Gasteiger charge is -2.37. The monoisotopic (exact) mass is 350 g/mol. The maximum absolute atomic E-state index is 12.9. The zero-order valence-corrected chi connectivity index (χ0v) is 14.6. The zero-order valence-electron chi connectivity index (χ0n) is 14.6. The van der Waals surface area contributed by atoms with Gasteiger partial charge in [0, 0.05) is 19.0 Å². The number of nitrogens with two attached hydrogens (primary N) is 1. The third-order valence-corrected chi connectivity index (χ3v) is 6.04. The summed E-state index contributed by atoms with van der Waals surface area (Å²) in [6, 6.07) is -0.473. The van der Waals surface area contributed by atoms with E-state index in [9.17, 15) is 19.2 Å². The molecular formula is C17H26N4O4. The molecule has 1 saturated carbocycles. The molecule has 0 radical (unpaired) electrons. The van der Waals surface area contributed by atoms with E-state index in [2.05, 4.69) is 5.32 Å². The average Bonchev–Trinajstić information content (AvgIpc) is 2.82. The molecule has 3 aliphatic rings. The molecule has 2 atom stereocenters. The van der Waals surface area contributed by atoms with Gasteiger partial charge in [-0.1, -0.05) is 19.8 Å². The summed E-state index contributed by atoms with van der Waals surface area (Å²) >= 11 is 0. The number of hydrogen-bond donors (Lipinski definition) is 2. The molecule has 1 spiro atoms. The van der Waals surface area contributed by atoms with Crippen LogP contribution in [0.15, 0.2) is 0 Å². The van der Waals surface area contributed by atoms with Crippen molar-refractivity contribution in [3.8, 4) is 0 Å². The SMILES string of the molecule is C[C@@H]1CCCC[C@@]12NC(=O)N(CC(=O)N1CCC(C(N)=O)CC1)C2=O. The Labute approximate surface area is 147 Å². The van der Waals surface area contributed by atoms with Crippen molar-refractivity contribution in [3.05, 3.63) is 0 Å². The molecule has 3 fully saturated rings. The number of carbonyl (C=O) groups is 4. The zero-order chi connectivity index (χ0) is 18.2. The topological polar surface area (TPSA) is 113 Å². The van der Waals surface area contributed by atoms with Gasteiger partial charge in [-0.25, -0.2) is 4.79 Å². The van der Waals surface area contributed by atoms with Gasteiger partial charge in [0.25, 0.3) is 5.91 Å². The van der Waals surface area contributed by atoms with Crippen LogP contribution in [0.4, 0.5) is 4.79 Å². The first-order valence-electron chi connectivity index (χ1n) is 9.06. The van der Waals surface area contributed by atoms with Crippen LogP contribution in [0.25, 0.3) is 0 Å². The van der Waals surface area contributed by atoms with Crippen LogP contribution in [0.2, 0.25) is 0 Å². The quantitative estimate of drug-likeness (QED) is 0.708. The highest BCUT2D eigenvalue weighted by molar-refractivity contribution is 6.09. The Morgan fingerprint density at radius 1 is 1.20 bits per heavy atom. The first-order chi connectivity index (χ1) is 11.8. The van der Waals surface area contributed by atoms with Crippen LogP contribution >= 0.6 is 0 Å². The molecule has 8 nitrogen and oxygen atoms in total. The van der Waals surface area contributed by atoms with Gasteiger partial charge >= 0.3 is 6.03 Å². The van der Waals surface area contributed by atoms with Crippen LogP contribution < -0.4 is 11.1 Å². The Hall–Kier alpha value is -2.12. The lowest BCUT2D eigenvalue weighted by molar-refractivity contribution is -0.141. The smallest absolute Gasteiger partial charge is 0.325 e. The number of rotatable bonds is 3. The van der Waals surface area contributed by atoms with Crippen molar-refractivity contribution in [2.45, 2.75) is 51.0 Å². The highest BCUT2D eigenvalue weighted by atomic mass is 16.2. The second-order valence-corrected chi connectivity index (χ2v) is 7.50.